The highest BCUT2D eigenvalue weighted by atomic mass is 16.2. The number of carbonyl (C=O) groups excluding carboxylic acids is 2. The minimum absolute atomic E-state index is 0.273. The molecule has 0 aromatic rings. The molecule has 17 heavy (non-hydrogen) atoms. The number of hydrogen-bond donors (Lipinski definition) is 2. The van der Waals surface area contributed by atoms with E-state index in [1.165, 1.54) is 0 Å². The van der Waals surface area contributed by atoms with E-state index < -0.39 is 5.41 Å². The minimum Gasteiger partial charge on any atom is -0.341 e. The third-order valence-corrected chi connectivity index (χ3v) is 3.17. The second-order valence-electron chi connectivity index (χ2n) is 4.91. The summed E-state index contributed by atoms with van der Waals surface area (Å²) in [6.07, 6.45) is 0.979. The van der Waals surface area contributed by atoms with Gasteiger partial charge in [-0.15, -0.1) is 0 Å². The van der Waals surface area contributed by atoms with Crippen molar-refractivity contribution in [2.24, 2.45) is 10.4 Å². The molecule has 6 heteroatoms. The summed E-state index contributed by atoms with van der Waals surface area (Å²) in [6.45, 7) is 6.54. The van der Waals surface area contributed by atoms with Gasteiger partial charge in [-0.2, -0.15) is 4.99 Å². The third kappa shape index (κ3) is 2.31. The van der Waals surface area contributed by atoms with Crippen LogP contribution in [0.25, 0.3) is 0 Å². The van der Waals surface area contributed by atoms with Gasteiger partial charge in [-0.25, -0.2) is 0 Å². The number of rotatable bonds is 0. The summed E-state index contributed by atoms with van der Waals surface area (Å²) in [5, 5.41) is 5.98. The zero-order chi connectivity index (χ0) is 12.5. The van der Waals surface area contributed by atoms with Crippen molar-refractivity contribution in [1.29, 1.82) is 0 Å². The SMILES string of the molecule is CC1(C)C(=O)N=C(N2CCCNCC2)NC1=O. The van der Waals surface area contributed by atoms with Gasteiger partial charge >= 0.3 is 0 Å². The third-order valence-electron chi connectivity index (χ3n) is 3.17. The van der Waals surface area contributed by atoms with Gasteiger partial charge in [-0.3, -0.25) is 14.9 Å². The highest BCUT2D eigenvalue weighted by Crippen LogP contribution is 2.21. The molecule has 0 aromatic heterocycles. The standard InChI is InChI=1S/C11H18N4O2/c1-11(2)8(16)13-10(14-9(11)17)15-6-3-4-12-5-7-15/h12H,3-7H2,1-2H3,(H,13,14,16,17). The average Bonchev–Trinajstić information content (AvgIpc) is 2.54. The highest BCUT2D eigenvalue weighted by Gasteiger charge is 2.41. The molecule has 0 aliphatic carbocycles. The van der Waals surface area contributed by atoms with Crippen molar-refractivity contribution in [2.45, 2.75) is 20.3 Å². The Morgan fingerprint density at radius 2 is 2.00 bits per heavy atom. The second-order valence-corrected chi connectivity index (χ2v) is 4.91. The van der Waals surface area contributed by atoms with Crippen LogP contribution < -0.4 is 10.6 Å². The molecule has 0 aromatic carbocycles. The molecule has 2 rings (SSSR count). The number of carbonyl (C=O) groups is 2. The van der Waals surface area contributed by atoms with Crippen LogP contribution in [0.3, 0.4) is 0 Å². The molecule has 2 heterocycles. The minimum atomic E-state index is -1.05. The fourth-order valence-electron chi connectivity index (χ4n) is 1.83. The van der Waals surface area contributed by atoms with Crippen molar-refractivity contribution < 1.29 is 9.59 Å². The maximum atomic E-state index is 11.8. The van der Waals surface area contributed by atoms with Crippen molar-refractivity contribution in [3.8, 4) is 0 Å². The van der Waals surface area contributed by atoms with Crippen LogP contribution in [0, 0.1) is 5.41 Å². The zero-order valence-electron chi connectivity index (χ0n) is 10.2. The Balaban J connectivity index is 2.17. The van der Waals surface area contributed by atoms with E-state index in [0.29, 0.717) is 5.96 Å². The van der Waals surface area contributed by atoms with Gasteiger partial charge in [-0.1, -0.05) is 0 Å². The number of aliphatic imine (C=N–C) groups is 1. The Morgan fingerprint density at radius 3 is 2.71 bits per heavy atom. The predicted octanol–water partition coefficient (Wildman–Crippen LogP) is -0.680. The topological polar surface area (TPSA) is 73.8 Å². The van der Waals surface area contributed by atoms with Crippen LogP contribution in [-0.4, -0.2) is 48.9 Å². The summed E-state index contributed by atoms with van der Waals surface area (Å²) in [6, 6.07) is 0. The average molecular weight is 238 g/mol. The number of nitrogens with zero attached hydrogens (tertiary/aromatic N) is 2. The fourth-order valence-corrected chi connectivity index (χ4v) is 1.83. The summed E-state index contributed by atoms with van der Waals surface area (Å²) in [5.41, 5.74) is -1.05. The van der Waals surface area contributed by atoms with Gasteiger partial charge < -0.3 is 10.2 Å². The van der Waals surface area contributed by atoms with Gasteiger partial charge in [0.15, 0.2) is 0 Å². The van der Waals surface area contributed by atoms with Gasteiger partial charge in [0.05, 0.1) is 0 Å². The molecule has 2 aliphatic heterocycles. The summed E-state index contributed by atoms with van der Waals surface area (Å²) < 4.78 is 0. The molecule has 0 spiro atoms. The molecule has 1 fully saturated rings. The van der Waals surface area contributed by atoms with E-state index in [2.05, 4.69) is 15.6 Å². The van der Waals surface area contributed by atoms with Gasteiger partial charge in [0.1, 0.15) is 5.41 Å². The quantitative estimate of drug-likeness (QED) is 0.548. The first kappa shape index (κ1) is 12.0. The number of nitrogens with one attached hydrogen (secondary N) is 2. The number of amides is 2. The Bertz CT molecular complexity index is 368. The first-order chi connectivity index (χ1) is 8.01. The Kier molecular flexibility index (Phi) is 3.15. The molecule has 94 valence electrons. The summed E-state index contributed by atoms with van der Waals surface area (Å²) in [5.74, 6) is -0.235. The van der Waals surface area contributed by atoms with Crippen LogP contribution >= 0.6 is 0 Å². The number of hydrogen-bond acceptors (Lipinski definition) is 4. The maximum Gasteiger partial charge on any atom is 0.264 e. The normalized spacial score (nSPS) is 25.1. The second kappa shape index (κ2) is 4.44. The van der Waals surface area contributed by atoms with Crippen LogP contribution in [-0.2, 0) is 9.59 Å². The smallest absolute Gasteiger partial charge is 0.264 e. The first-order valence-corrected chi connectivity index (χ1v) is 5.92. The van der Waals surface area contributed by atoms with E-state index in [9.17, 15) is 9.59 Å². The van der Waals surface area contributed by atoms with Gasteiger partial charge in [0.2, 0.25) is 11.9 Å². The van der Waals surface area contributed by atoms with Gasteiger partial charge in [0, 0.05) is 19.6 Å². The molecule has 0 saturated carbocycles. The van der Waals surface area contributed by atoms with E-state index >= 15 is 0 Å². The summed E-state index contributed by atoms with van der Waals surface area (Å²) in [4.78, 5) is 29.5. The lowest BCUT2D eigenvalue weighted by atomic mass is 9.90. The van der Waals surface area contributed by atoms with Crippen LogP contribution in [0.5, 0.6) is 0 Å². The van der Waals surface area contributed by atoms with E-state index in [1.807, 2.05) is 4.90 Å². The van der Waals surface area contributed by atoms with Crippen LogP contribution in [0.2, 0.25) is 0 Å². The zero-order valence-corrected chi connectivity index (χ0v) is 10.2. The van der Waals surface area contributed by atoms with Gasteiger partial charge in [0.25, 0.3) is 5.91 Å². The molecule has 2 amide bonds. The van der Waals surface area contributed by atoms with E-state index in [1.54, 1.807) is 13.8 Å². The van der Waals surface area contributed by atoms with Crippen LogP contribution in [0.1, 0.15) is 20.3 Å². The Labute approximate surface area is 100 Å². The van der Waals surface area contributed by atoms with Crippen LogP contribution in [0.15, 0.2) is 4.99 Å². The fraction of sp³-hybridized carbons (Fsp3) is 0.727. The lowest BCUT2D eigenvalue weighted by Crippen LogP contribution is -2.55. The molecule has 0 bridgehead atoms. The molecule has 0 atom stereocenters. The van der Waals surface area contributed by atoms with Crippen molar-refractivity contribution >= 4 is 17.8 Å². The molecule has 6 nitrogen and oxygen atoms in total. The first-order valence-electron chi connectivity index (χ1n) is 5.92. The number of guanidine groups is 1. The lowest BCUT2D eigenvalue weighted by molar-refractivity contribution is -0.139. The highest BCUT2D eigenvalue weighted by molar-refractivity contribution is 6.17. The van der Waals surface area contributed by atoms with Crippen molar-refractivity contribution in [2.75, 3.05) is 26.2 Å². The molecule has 0 unspecified atom stereocenters. The predicted molar refractivity (Wildman–Crippen MR) is 63.4 cm³/mol. The molecular formula is C11H18N4O2. The Morgan fingerprint density at radius 1 is 1.24 bits per heavy atom. The Hall–Kier alpha value is -1.43. The molecule has 1 saturated heterocycles. The van der Waals surface area contributed by atoms with Crippen LogP contribution in [0.4, 0.5) is 0 Å². The maximum absolute atomic E-state index is 11.8. The van der Waals surface area contributed by atoms with E-state index in [4.69, 9.17) is 0 Å². The van der Waals surface area contributed by atoms with Crippen molar-refractivity contribution in [1.82, 2.24) is 15.5 Å². The molecular weight excluding hydrogens is 220 g/mol. The summed E-state index contributed by atoms with van der Waals surface area (Å²) >= 11 is 0. The van der Waals surface area contributed by atoms with E-state index in [-0.39, 0.29) is 11.8 Å². The van der Waals surface area contributed by atoms with Crippen molar-refractivity contribution in [3.05, 3.63) is 0 Å². The molecule has 0 radical (unpaired) electrons. The van der Waals surface area contributed by atoms with Crippen molar-refractivity contribution in [3.63, 3.8) is 0 Å². The molecule has 2 aliphatic rings. The van der Waals surface area contributed by atoms with E-state index in [0.717, 1.165) is 32.6 Å². The summed E-state index contributed by atoms with van der Waals surface area (Å²) in [7, 11) is 0. The molecule has 2 N–H and O–H groups in total. The largest absolute Gasteiger partial charge is 0.341 e. The lowest BCUT2D eigenvalue weighted by Gasteiger charge is -2.31. The monoisotopic (exact) mass is 238 g/mol. The van der Waals surface area contributed by atoms with Gasteiger partial charge in [-0.05, 0) is 26.8 Å².